The van der Waals surface area contributed by atoms with E-state index in [-0.39, 0.29) is 24.6 Å². The number of fused-ring (bicyclic) bond motifs is 1. The van der Waals surface area contributed by atoms with Crippen LogP contribution in [0.4, 0.5) is 22.2 Å². The van der Waals surface area contributed by atoms with Crippen molar-refractivity contribution in [2.75, 3.05) is 49.3 Å². The Morgan fingerprint density at radius 1 is 1.29 bits per heavy atom. The first-order chi connectivity index (χ1) is 16.3. The highest BCUT2D eigenvalue weighted by Crippen LogP contribution is 2.35. The van der Waals surface area contributed by atoms with E-state index in [2.05, 4.69) is 20.2 Å². The minimum Gasteiger partial charge on any atom is -0.497 e. The zero-order valence-electron chi connectivity index (χ0n) is 19.6. The first-order valence-electron chi connectivity index (χ1n) is 11.0. The molecule has 3 heterocycles. The number of ether oxygens (including phenoxy) is 2. The first-order valence-corrected chi connectivity index (χ1v) is 11.9. The molecule has 11 heteroatoms. The number of rotatable bonds is 5. The summed E-state index contributed by atoms with van der Waals surface area (Å²) in [6, 6.07) is 5.29. The number of esters is 1. The fourth-order valence-corrected chi connectivity index (χ4v) is 4.97. The second-order valence-electron chi connectivity index (χ2n) is 8.05. The smallest absolute Gasteiger partial charge is 0.339 e. The van der Waals surface area contributed by atoms with Crippen molar-refractivity contribution in [1.29, 1.82) is 0 Å². The summed E-state index contributed by atoms with van der Waals surface area (Å²) < 4.78 is 10.4. The quantitative estimate of drug-likeness (QED) is 0.528. The van der Waals surface area contributed by atoms with Gasteiger partial charge in [-0.15, -0.1) is 11.3 Å². The van der Waals surface area contributed by atoms with Gasteiger partial charge in [0, 0.05) is 36.7 Å². The number of aryl methyl sites for hydroxylation is 1. The lowest BCUT2D eigenvalue weighted by atomic mass is 10.1. The maximum absolute atomic E-state index is 13.0. The van der Waals surface area contributed by atoms with Crippen molar-refractivity contribution in [3.63, 3.8) is 0 Å². The third kappa shape index (κ3) is 4.56. The van der Waals surface area contributed by atoms with Crippen LogP contribution in [0.2, 0.25) is 0 Å². The van der Waals surface area contributed by atoms with Crippen LogP contribution in [-0.2, 0) is 4.74 Å². The number of amides is 2. The van der Waals surface area contributed by atoms with Crippen LogP contribution in [0.25, 0.3) is 10.2 Å². The van der Waals surface area contributed by atoms with E-state index in [1.165, 1.54) is 11.3 Å². The standard InChI is InChI=1S/C23H28N6O4S/c1-5-33-21(30)16-12-34-20-18(16)19(26-22(24)27-20)29-9-8-28(11-14(29)3)23(31)25-17-7-6-15(32-4)10-13(17)2/h6-7,10,12,14H,5,8-9,11H2,1-4H3,(H,25,31)(H2,24,26,27)/t14-/m0/s1. The van der Waals surface area contributed by atoms with Crippen molar-refractivity contribution in [3.8, 4) is 5.75 Å². The van der Waals surface area contributed by atoms with E-state index in [1.54, 1.807) is 24.3 Å². The van der Waals surface area contributed by atoms with Crippen molar-refractivity contribution in [1.82, 2.24) is 14.9 Å². The molecular weight excluding hydrogens is 456 g/mol. The van der Waals surface area contributed by atoms with Crippen LogP contribution in [0.5, 0.6) is 5.75 Å². The molecule has 3 aromatic rings. The minimum absolute atomic E-state index is 0.0658. The number of nitrogens with two attached hydrogens (primary N) is 1. The molecule has 1 aromatic carbocycles. The van der Waals surface area contributed by atoms with Gasteiger partial charge >= 0.3 is 12.0 Å². The van der Waals surface area contributed by atoms with E-state index in [1.807, 2.05) is 32.0 Å². The molecule has 0 bridgehead atoms. The summed E-state index contributed by atoms with van der Waals surface area (Å²) in [4.78, 5) is 38.7. The highest BCUT2D eigenvalue weighted by atomic mass is 32.1. The molecule has 10 nitrogen and oxygen atoms in total. The number of carbonyl (C=O) groups excluding carboxylic acids is 2. The molecule has 3 N–H and O–H groups in total. The maximum Gasteiger partial charge on any atom is 0.339 e. The summed E-state index contributed by atoms with van der Waals surface area (Å²) in [5.41, 5.74) is 8.06. The number of benzene rings is 1. The van der Waals surface area contributed by atoms with Gasteiger partial charge in [-0.3, -0.25) is 0 Å². The second kappa shape index (κ2) is 9.72. The number of hydrogen-bond acceptors (Lipinski definition) is 9. The van der Waals surface area contributed by atoms with Crippen LogP contribution < -0.4 is 20.7 Å². The molecule has 0 saturated carbocycles. The average molecular weight is 485 g/mol. The molecule has 0 aliphatic carbocycles. The van der Waals surface area contributed by atoms with Crippen molar-refractivity contribution < 1.29 is 19.1 Å². The molecule has 1 aliphatic rings. The fourth-order valence-electron chi connectivity index (χ4n) is 4.06. The molecule has 0 unspecified atom stereocenters. The lowest BCUT2D eigenvalue weighted by Crippen LogP contribution is -2.55. The Balaban J connectivity index is 1.54. The molecular formula is C23H28N6O4S. The topological polar surface area (TPSA) is 123 Å². The number of nitrogens with one attached hydrogen (secondary N) is 1. The number of urea groups is 1. The van der Waals surface area contributed by atoms with Crippen LogP contribution in [0.1, 0.15) is 29.8 Å². The third-order valence-corrected chi connectivity index (χ3v) is 6.66. The minimum atomic E-state index is -0.413. The second-order valence-corrected chi connectivity index (χ2v) is 8.91. The summed E-state index contributed by atoms with van der Waals surface area (Å²) in [5.74, 6) is 1.06. The van der Waals surface area contributed by atoms with Crippen LogP contribution in [0.15, 0.2) is 23.6 Å². The van der Waals surface area contributed by atoms with Crippen LogP contribution in [0, 0.1) is 6.92 Å². The predicted octanol–water partition coefficient (Wildman–Crippen LogP) is 3.51. The molecule has 1 saturated heterocycles. The van der Waals surface area contributed by atoms with Crippen molar-refractivity contribution in [3.05, 3.63) is 34.7 Å². The van der Waals surface area contributed by atoms with E-state index >= 15 is 0 Å². The largest absolute Gasteiger partial charge is 0.497 e. The van der Waals surface area contributed by atoms with Gasteiger partial charge in [-0.2, -0.15) is 4.98 Å². The highest BCUT2D eigenvalue weighted by Gasteiger charge is 2.31. The zero-order valence-corrected chi connectivity index (χ0v) is 20.4. The SMILES string of the molecule is CCOC(=O)c1csc2nc(N)nc(N3CCN(C(=O)Nc4ccc(OC)cc4C)C[C@@H]3C)c12. The Kier molecular flexibility index (Phi) is 6.73. The summed E-state index contributed by atoms with van der Waals surface area (Å²) in [5, 5.41) is 5.35. The van der Waals surface area contributed by atoms with Gasteiger partial charge in [0.2, 0.25) is 5.95 Å². The van der Waals surface area contributed by atoms with Crippen LogP contribution >= 0.6 is 11.3 Å². The van der Waals surface area contributed by atoms with Gasteiger partial charge in [0.25, 0.3) is 0 Å². The Hall–Kier alpha value is -3.60. The fraction of sp³-hybridized carbons (Fsp3) is 0.391. The third-order valence-electron chi connectivity index (χ3n) is 5.79. The normalized spacial score (nSPS) is 15.9. The zero-order chi connectivity index (χ0) is 24.4. The molecule has 1 aliphatic heterocycles. The molecule has 2 aromatic heterocycles. The highest BCUT2D eigenvalue weighted by molar-refractivity contribution is 7.17. The lowest BCUT2D eigenvalue weighted by molar-refractivity contribution is 0.0529. The molecule has 180 valence electrons. The van der Waals surface area contributed by atoms with Gasteiger partial charge in [0.1, 0.15) is 16.4 Å². The van der Waals surface area contributed by atoms with Crippen molar-refractivity contribution >= 4 is 51.0 Å². The van der Waals surface area contributed by atoms with Gasteiger partial charge in [-0.1, -0.05) is 0 Å². The number of thiophene rings is 1. The molecule has 1 fully saturated rings. The number of methoxy groups -OCH3 is 1. The lowest BCUT2D eigenvalue weighted by Gasteiger charge is -2.40. The van der Waals surface area contributed by atoms with Gasteiger partial charge in [-0.25, -0.2) is 14.6 Å². The summed E-state index contributed by atoms with van der Waals surface area (Å²) in [6.45, 7) is 7.46. The van der Waals surface area contributed by atoms with Gasteiger partial charge in [0.15, 0.2) is 0 Å². The summed E-state index contributed by atoms with van der Waals surface area (Å²) in [7, 11) is 1.61. The summed E-state index contributed by atoms with van der Waals surface area (Å²) in [6.07, 6.45) is 0. The molecule has 34 heavy (non-hydrogen) atoms. The number of piperazine rings is 1. The predicted molar refractivity (Wildman–Crippen MR) is 133 cm³/mol. The number of nitrogens with zero attached hydrogens (tertiary/aromatic N) is 4. The number of aromatic nitrogens is 2. The Labute approximate surface area is 201 Å². The number of carbonyl (C=O) groups is 2. The van der Waals surface area contributed by atoms with Crippen molar-refractivity contribution in [2.45, 2.75) is 26.8 Å². The Morgan fingerprint density at radius 2 is 2.09 bits per heavy atom. The van der Waals surface area contributed by atoms with Crippen molar-refractivity contribution in [2.24, 2.45) is 0 Å². The number of hydrogen-bond donors (Lipinski definition) is 2. The van der Waals surface area contributed by atoms with E-state index in [4.69, 9.17) is 15.2 Å². The van der Waals surface area contributed by atoms with E-state index in [0.717, 1.165) is 17.0 Å². The number of nitrogen functional groups attached to an aromatic ring is 1. The molecule has 4 rings (SSSR count). The molecule has 0 spiro atoms. The molecule has 0 radical (unpaired) electrons. The van der Waals surface area contributed by atoms with Crippen LogP contribution in [-0.4, -0.2) is 66.3 Å². The number of anilines is 3. The summed E-state index contributed by atoms with van der Waals surface area (Å²) >= 11 is 1.33. The maximum atomic E-state index is 13.0. The van der Waals surface area contributed by atoms with Gasteiger partial charge < -0.3 is 30.3 Å². The van der Waals surface area contributed by atoms with E-state index in [0.29, 0.717) is 41.2 Å². The average Bonchev–Trinajstić information content (AvgIpc) is 3.24. The van der Waals surface area contributed by atoms with Gasteiger partial charge in [-0.05, 0) is 44.5 Å². The van der Waals surface area contributed by atoms with E-state index in [9.17, 15) is 9.59 Å². The van der Waals surface area contributed by atoms with Crippen LogP contribution in [0.3, 0.4) is 0 Å². The molecule has 2 amide bonds. The Morgan fingerprint density at radius 3 is 2.76 bits per heavy atom. The molecule has 1 atom stereocenters. The first kappa shape index (κ1) is 23.6. The van der Waals surface area contributed by atoms with Gasteiger partial charge in [0.05, 0.1) is 24.7 Å². The monoisotopic (exact) mass is 484 g/mol. The van der Waals surface area contributed by atoms with E-state index < -0.39 is 5.97 Å². The Bertz CT molecular complexity index is 1230.